The van der Waals surface area contributed by atoms with Gasteiger partial charge in [0.2, 0.25) is 11.9 Å². The topological polar surface area (TPSA) is 90.7 Å². The molecule has 0 aliphatic heterocycles. The van der Waals surface area contributed by atoms with Gasteiger partial charge in [0.1, 0.15) is 0 Å². The molecule has 0 saturated carbocycles. The van der Waals surface area contributed by atoms with E-state index in [2.05, 4.69) is 25.0 Å². The average molecular weight is 239 g/mol. The first-order valence-electron chi connectivity index (χ1n) is 4.85. The van der Waals surface area contributed by atoms with E-state index < -0.39 is 0 Å². The lowest BCUT2D eigenvalue weighted by Gasteiger charge is -2.18. The summed E-state index contributed by atoms with van der Waals surface area (Å²) in [6.45, 7) is 5.62. The maximum atomic E-state index is 8.36. The van der Waals surface area contributed by atoms with Gasteiger partial charge >= 0.3 is 0 Å². The van der Waals surface area contributed by atoms with Crippen LogP contribution in [0.5, 0.6) is 0 Å². The van der Waals surface area contributed by atoms with Crippen molar-refractivity contribution in [3.63, 3.8) is 0 Å². The van der Waals surface area contributed by atoms with Crippen LogP contribution in [0, 0.1) is 0 Å². The van der Waals surface area contributed by atoms with Crippen molar-refractivity contribution in [1.82, 2.24) is 15.0 Å². The van der Waals surface area contributed by atoms with E-state index in [0.717, 1.165) is 13.1 Å². The zero-order valence-electron chi connectivity index (χ0n) is 9.45. The lowest BCUT2D eigenvalue weighted by atomic mass is 10.5. The van der Waals surface area contributed by atoms with Crippen LogP contribution in [0.2, 0.25) is 0 Å². The third-order valence-electron chi connectivity index (χ3n) is 1.95. The maximum Gasteiger partial charge on any atom is 0.229 e. The van der Waals surface area contributed by atoms with Gasteiger partial charge in [0.05, 0.1) is 0 Å². The fraction of sp³-hybridized carbons (Fsp3) is 0.625. The molecule has 86 valence electrons. The highest BCUT2D eigenvalue weighted by molar-refractivity contribution is 7.98. The minimum Gasteiger partial charge on any atom is -0.341 e. The predicted octanol–water partition coefficient (Wildman–Crippen LogP) is 2.38. The Balaban J connectivity index is 3.17. The van der Waals surface area contributed by atoms with Crippen molar-refractivity contribution in [3.05, 3.63) is 10.4 Å². The molecular formula is C8H13N7S. The molecular weight excluding hydrogens is 226 g/mol. The maximum absolute atomic E-state index is 8.36. The zero-order valence-corrected chi connectivity index (χ0v) is 10.3. The van der Waals surface area contributed by atoms with Crippen LogP contribution in [0.15, 0.2) is 10.3 Å². The minimum atomic E-state index is 0.115. The Hall–Kier alpha value is -1.53. The second-order valence-corrected chi connectivity index (χ2v) is 3.56. The molecule has 16 heavy (non-hydrogen) atoms. The fourth-order valence-corrected chi connectivity index (χ4v) is 1.51. The van der Waals surface area contributed by atoms with Crippen LogP contribution in [0.1, 0.15) is 13.8 Å². The van der Waals surface area contributed by atoms with Gasteiger partial charge in [-0.1, -0.05) is 11.8 Å². The first kappa shape index (κ1) is 12.5. The molecule has 0 amide bonds. The van der Waals surface area contributed by atoms with Crippen molar-refractivity contribution in [2.45, 2.75) is 19.0 Å². The largest absolute Gasteiger partial charge is 0.341 e. The highest BCUT2D eigenvalue weighted by Gasteiger charge is 2.09. The lowest BCUT2D eigenvalue weighted by molar-refractivity contribution is 0.782. The summed E-state index contributed by atoms with van der Waals surface area (Å²) in [5, 5.41) is 3.96. The van der Waals surface area contributed by atoms with Crippen LogP contribution in [-0.2, 0) is 0 Å². The molecule has 0 saturated heterocycles. The Bertz CT molecular complexity index is 397. The highest BCUT2D eigenvalue weighted by Crippen LogP contribution is 2.17. The third kappa shape index (κ3) is 2.98. The Morgan fingerprint density at radius 3 is 2.50 bits per heavy atom. The number of hydrogen-bond acceptors (Lipinski definition) is 6. The van der Waals surface area contributed by atoms with Gasteiger partial charge in [-0.15, -0.1) is 0 Å². The molecule has 0 spiro atoms. The third-order valence-corrected chi connectivity index (χ3v) is 2.50. The van der Waals surface area contributed by atoms with Gasteiger partial charge in [-0.05, 0) is 30.7 Å². The molecule has 7 nitrogen and oxygen atoms in total. The van der Waals surface area contributed by atoms with Gasteiger partial charge in [-0.25, -0.2) is 4.98 Å². The van der Waals surface area contributed by atoms with Gasteiger partial charge < -0.3 is 4.90 Å². The summed E-state index contributed by atoms with van der Waals surface area (Å²) < 4.78 is 0. The molecule has 0 radical (unpaired) electrons. The molecule has 0 fully saturated rings. The van der Waals surface area contributed by atoms with Crippen LogP contribution >= 0.6 is 11.8 Å². The number of rotatable bonds is 5. The number of aromatic nitrogens is 3. The van der Waals surface area contributed by atoms with Crippen molar-refractivity contribution in [1.29, 1.82) is 0 Å². The van der Waals surface area contributed by atoms with Crippen LogP contribution in [0.25, 0.3) is 10.4 Å². The summed E-state index contributed by atoms with van der Waals surface area (Å²) in [6, 6.07) is 0. The van der Waals surface area contributed by atoms with Crippen LogP contribution < -0.4 is 4.90 Å². The first-order valence-corrected chi connectivity index (χ1v) is 6.07. The van der Waals surface area contributed by atoms with Gasteiger partial charge in [-0.3, -0.25) is 0 Å². The lowest BCUT2D eigenvalue weighted by Crippen LogP contribution is -2.24. The molecule has 0 bridgehead atoms. The second kappa shape index (κ2) is 6.14. The van der Waals surface area contributed by atoms with Crippen molar-refractivity contribution in [3.8, 4) is 0 Å². The van der Waals surface area contributed by atoms with E-state index in [1.807, 2.05) is 25.0 Å². The van der Waals surface area contributed by atoms with E-state index in [1.54, 1.807) is 0 Å². The number of nitrogens with zero attached hydrogens (tertiary/aromatic N) is 7. The van der Waals surface area contributed by atoms with E-state index in [4.69, 9.17) is 5.53 Å². The average Bonchev–Trinajstić information content (AvgIpc) is 2.31. The molecule has 0 atom stereocenters. The SMILES string of the molecule is CCN(CC)c1nc(N=[N+]=[N-])nc(SC)n1. The van der Waals surface area contributed by atoms with Crippen molar-refractivity contribution < 1.29 is 0 Å². The molecule has 1 aromatic heterocycles. The number of thioether (sulfide) groups is 1. The highest BCUT2D eigenvalue weighted by atomic mass is 32.2. The fourth-order valence-electron chi connectivity index (χ4n) is 1.16. The Kier molecular flexibility index (Phi) is 4.81. The molecule has 0 aliphatic carbocycles. The molecule has 1 heterocycles. The monoisotopic (exact) mass is 239 g/mol. The molecule has 0 N–H and O–H groups in total. The van der Waals surface area contributed by atoms with E-state index in [1.165, 1.54) is 11.8 Å². The number of azide groups is 1. The Labute approximate surface area is 97.9 Å². The number of hydrogen-bond donors (Lipinski definition) is 0. The van der Waals surface area contributed by atoms with Gasteiger partial charge in [0, 0.05) is 18.0 Å². The van der Waals surface area contributed by atoms with Gasteiger partial charge in [0.15, 0.2) is 5.16 Å². The Morgan fingerprint density at radius 1 is 1.31 bits per heavy atom. The molecule has 0 unspecified atom stereocenters. The van der Waals surface area contributed by atoms with Crippen molar-refractivity contribution in [2.75, 3.05) is 24.2 Å². The number of anilines is 1. The molecule has 8 heteroatoms. The van der Waals surface area contributed by atoms with Crippen LogP contribution in [0.4, 0.5) is 11.9 Å². The van der Waals surface area contributed by atoms with Gasteiger partial charge in [-0.2, -0.15) is 9.97 Å². The second-order valence-electron chi connectivity index (χ2n) is 2.78. The van der Waals surface area contributed by atoms with Gasteiger partial charge in [0.25, 0.3) is 0 Å². The quantitative estimate of drug-likeness (QED) is 0.340. The summed E-state index contributed by atoms with van der Waals surface area (Å²) in [4.78, 5) is 17.0. The van der Waals surface area contributed by atoms with Crippen LogP contribution in [-0.4, -0.2) is 34.3 Å². The standard InChI is InChI=1S/C8H13N7S/c1-4-15(5-2)7-10-6(13-14-9)11-8(12-7)16-3/h4-5H2,1-3H3. The van der Waals surface area contributed by atoms with Crippen LogP contribution in [0.3, 0.4) is 0 Å². The smallest absolute Gasteiger partial charge is 0.229 e. The first-order chi connectivity index (χ1) is 7.74. The van der Waals surface area contributed by atoms with E-state index in [-0.39, 0.29) is 5.95 Å². The normalized spacial score (nSPS) is 9.69. The van der Waals surface area contributed by atoms with E-state index >= 15 is 0 Å². The molecule has 0 aromatic carbocycles. The van der Waals surface area contributed by atoms with Crippen molar-refractivity contribution >= 4 is 23.7 Å². The van der Waals surface area contributed by atoms with E-state index in [0.29, 0.717) is 11.1 Å². The predicted molar refractivity (Wildman–Crippen MR) is 64.0 cm³/mol. The van der Waals surface area contributed by atoms with Crippen molar-refractivity contribution in [2.24, 2.45) is 5.11 Å². The summed E-state index contributed by atoms with van der Waals surface area (Å²) in [6.07, 6.45) is 1.86. The Morgan fingerprint density at radius 2 is 2.00 bits per heavy atom. The molecule has 0 aliphatic rings. The summed E-state index contributed by atoms with van der Waals surface area (Å²) in [5.74, 6) is 0.663. The molecule has 1 rings (SSSR count). The zero-order chi connectivity index (χ0) is 12.0. The summed E-state index contributed by atoms with van der Waals surface area (Å²) >= 11 is 1.39. The molecule has 1 aromatic rings. The summed E-state index contributed by atoms with van der Waals surface area (Å²) in [5.41, 5.74) is 8.36. The minimum absolute atomic E-state index is 0.115. The van der Waals surface area contributed by atoms with E-state index in [9.17, 15) is 0 Å². The summed E-state index contributed by atoms with van der Waals surface area (Å²) in [7, 11) is 0.